The fourth-order valence-electron chi connectivity index (χ4n) is 2.32. The maximum absolute atomic E-state index is 13.8. The number of allylic oxidation sites excluding steroid dienone is 4. The SMILES string of the molecule is Cc1c(F)c(F)cc(F)c1BC1C(F)=CC(C)(F)C(F)=C1F. The summed E-state index contributed by atoms with van der Waals surface area (Å²) in [5.74, 6) is -10.8. The zero-order valence-corrected chi connectivity index (χ0v) is 11.6. The molecule has 2 atom stereocenters. The number of benzene rings is 1. The van der Waals surface area contributed by atoms with Gasteiger partial charge in [-0.1, -0.05) is 0 Å². The van der Waals surface area contributed by atoms with Crippen LogP contribution in [0, 0.1) is 24.4 Å². The van der Waals surface area contributed by atoms with Crippen molar-refractivity contribution in [1.29, 1.82) is 0 Å². The van der Waals surface area contributed by atoms with Crippen LogP contribution in [0.15, 0.2) is 29.6 Å². The molecule has 2 unspecified atom stereocenters. The first-order chi connectivity index (χ1) is 10.1. The standard InChI is InChI=1S/C14H10BF7/c1-5-9(6(16)3-7(17)11(5)19)15-10-8(18)4-14(2,22)13(21)12(10)20/h3-4,10,15H,1-2H3. The van der Waals surface area contributed by atoms with Crippen molar-refractivity contribution >= 4 is 12.7 Å². The highest BCUT2D eigenvalue weighted by atomic mass is 19.2. The van der Waals surface area contributed by atoms with E-state index in [1.54, 1.807) is 0 Å². The molecule has 8 heteroatoms. The van der Waals surface area contributed by atoms with Crippen molar-refractivity contribution in [2.45, 2.75) is 25.3 Å². The lowest BCUT2D eigenvalue weighted by molar-refractivity contribution is 0.233. The van der Waals surface area contributed by atoms with Crippen molar-refractivity contribution < 1.29 is 30.7 Å². The molecule has 0 saturated carbocycles. The average Bonchev–Trinajstić information content (AvgIpc) is 2.41. The van der Waals surface area contributed by atoms with Crippen LogP contribution < -0.4 is 5.46 Å². The van der Waals surface area contributed by atoms with Gasteiger partial charge in [0.1, 0.15) is 17.5 Å². The van der Waals surface area contributed by atoms with Crippen molar-refractivity contribution in [3.63, 3.8) is 0 Å². The summed E-state index contributed by atoms with van der Waals surface area (Å²) in [7, 11) is -0.799. The number of halogens is 7. The molecule has 118 valence electrons. The Labute approximate surface area is 122 Å². The van der Waals surface area contributed by atoms with E-state index in [0.717, 1.165) is 6.92 Å². The second kappa shape index (κ2) is 5.48. The summed E-state index contributed by atoms with van der Waals surface area (Å²) in [4.78, 5) is 0. The first-order valence-electron chi connectivity index (χ1n) is 6.32. The van der Waals surface area contributed by atoms with Gasteiger partial charge in [-0.05, 0) is 30.9 Å². The molecule has 1 aromatic rings. The van der Waals surface area contributed by atoms with Crippen LogP contribution >= 0.6 is 0 Å². The summed E-state index contributed by atoms with van der Waals surface area (Å²) >= 11 is 0. The van der Waals surface area contributed by atoms with Gasteiger partial charge in [0.25, 0.3) is 0 Å². The Bertz CT molecular complexity index is 691. The van der Waals surface area contributed by atoms with Crippen molar-refractivity contribution in [3.8, 4) is 0 Å². The first-order valence-corrected chi connectivity index (χ1v) is 6.32. The van der Waals surface area contributed by atoms with Crippen LogP contribution in [-0.4, -0.2) is 12.9 Å². The molecule has 1 aromatic carbocycles. The van der Waals surface area contributed by atoms with Crippen molar-refractivity contribution in [2.24, 2.45) is 0 Å². The van der Waals surface area contributed by atoms with Gasteiger partial charge < -0.3 is 0 Å². The van der Waals surface area contributed by atoms with Crippen molar-refractivity contribution in [2.75, 3.05) is 0 Å². The van der Waals surface area contributed by atoms with E-state index in [4.69, 9.17) is 0 Å². The van der Waals surface area contributed by atoms with Crippen LogP contribution in [0.4, 0.5) is 30.7 Å². The van der Waals surface area contributed by atoms with Gasteiger partial charge in [0, 0.05) is 11.9 Å². The normalized spacial score (nSPS) is 25.3. The predicted octanol–water partition coefficient (Wildman–Crippen LogP) is 4.01. The van der Waals surface area contributed by atoms with E-state index >= 15 is 0 Å². The zero-order valence-electron chi connectivity index (χ0n) is 11.6. The van der Waals surface area contributed by atoms with Gasteiger partial charge in [-0.2, -0.15) is 0 Å². The monoisotopic (exact) mass is 322 g/mol. The maximum atomic E-state index is 13.8. The Hall–Kier alpha value is -1.73. The van der Waals surface area contributed by atoms with Crippen LogP contribution in [0.3, 0.4) is 0 Å². The first kappa shape index (κ1) is 16.6. The molecule has 2 rings (SSSR count). The van der Waals surface area contributed by atoms with Gasteiger partial charge in [0.15, 0.2) is 30.4 Å². The van der Waals surface area contributed by atoms with E-state index in [2.05, 4.69) is 0 Å². The summed E-state index contributed by atoms with van der Waals surface area (Å²) in [5, 5.41) is 0. The molecule has 0 radical (unpaired) electrons. The molecule has 0 fully saturated rings. The maximum Gasteiger partial charge on any atom is 0.182 e. The number of hydrogen-bond donors (Lipinski definition) is 0. The smallest absolute Gasteiger partial charge is 0.182 e. The molecule has 0 amide bonds. The molecule has 0 aromatic heterocycles. The molecule has 0 spiro atoms. The van der Waals surface area contributed by atoms with E-state index < -0.39 is 64.7 Å². The summed E-state index contributed by atoms with van der Waals surface area (Å²) in [6.07, 6.45) is 0.239. The van der Waals surface area contributed by atoms with Crippen LogP contribution in [0.5, 0.6) is 0 Å². The van der Waals surface area contributed by atoms with Crippen molar-refractivity contribution in [1.82, 2.24) is 0 Å². The third kappa shape index (κ3) is 2.66. The third-order valence-electron chi connectivity index (χ3n) is 3.63. The van der Waals surface area contributed by atoms with Gasteiger partial charge in [-0.15, -0.1) is 0 Å². The average molecular weight is 322 g/mol. The quantitative estimate of drug-likeness (QED) is 0.438. The minimum atomic E-state index is -2.94. The van der Waals surface area contributed by atoms with Gasteiger partial charge in [0.05, 0.1) is 0 Å². The summed E-state index contributed by atoms with van der Waals surface area (Å²) in [6, 6.07) is 0.235. The van der Waals surface area contributed by atoms with E-state index in [0.29, 0.717) is 6.92 Å². The van der Waals surface area contributed by atoms with Crippen LogP contribution in [0.1, 0.15) is 12.5 Å². The summed E-state index contributed by atoms with van der Waals surface area (Å²) in [5.41, 5.74) is -3.92. The molecule has 0 nitrogen and oxygen atoms in total. The zero-order chi connectivity index (χ0) is 16.8. The minimum Gasteiger partial charge on any atom is -0.232 e. The molecule has 22 heavy (non-hydrogen) atoms. The van der Waals surface area contributed by atoms with Gasteiger partial charge >= 0.3 is 0 Å². The van der Waals surface area contributed by atoms with Crippen LogP contribution in [0.25, 0.3) is 0 Å². The van der Waals surface area contributed by atoms with Crippen molar-refractivity contribution in [3.05, 3.63) is 52.6 Å². The molecular weight excluding hydrogens is 312 g/mol. The van der Waals surface area contributed by atoms with Gasteiger partial charge in [-0.25, -0.2) is 30.7 Å². The third-order valence-corrected chi connectivity index (χ3v) is 3.63. The number of hydrogen-bond acceptors (Lipinski definition) is 0. The van der Waals surface area contributed by atoms with Gasteiger partial charge in [0.2, 0.25) is 0 Å². The highest BCUT2D eigenvalue weighted by molar-refractivity contribution is 6.57. The topological polar surface area (TPSA) is 0 Å². The fourth-order valence-corrected chi connectivity index (χ4v) is 2.32. The molecule has 0 heterocycles. The van der Waals surface area contributed by atoms with E-state index in [-0.39, 0.29) is 12.1 Å². The molecule has 0 saturated heterocycles. The van der Waals surface area contributed by atoms with Gasteiger partial charge in [-0.3, -0.25) is 0 Å². The number of rotatable bonds is 2. The Morgan fingerprint density at radius 1 is 1.05 bits per heavy atom. The summed E-state index contributed by atoms with van der Waals surface area (Å²) < 4.78 is 94.8. The minimum absolute atomic E-state index is 0.235. The molecule has 0 aliphatic heterocycles. The van der Waals surface area contributed by atoms with E-state index in [9.17, 15) is 30.7 Å². The molecular formula is C14H10BF7. The lowest BCUT2D eigenvalue weighted by atomic mass is 9.55. The Kier molecular flexibility index (Phi) is 4.15. The Balaban J connectivity index is 2.47. The lowest BCUT2D eigenvalue weighted by Gasteiger charge is -2.25. The molecule has 1 aliphatic rings. The molecule has 1 aliphatic carbocycles. The largest absolute Gasteiger partial charge is 0.232 e. The van der Waals surface area contributed by atoms with Crippen LogP contribution in [0.2, 0.25) is 5.82 Å². The van der Waals surface area contributed by atoms with Crippen LogP contribution in [-0.2, 0) is 0 Å². The predicted molar refractivity (Wildman–Crippen MR) is 69.5 cm³/mol. The number of alkyl halides is 1. The molecule has 0 N–H and O–H groups in total. The fraction of sp³-hybridized carbons (Fsp3) is 0.286. The summed E-state index contributed by atoms with van der Waals surface area (Å²) in [6.45, 7) is 1.65. The van der Waals surface area contributed by atoms with E-state index in [1.165, 1.54) is 0 Å². The highest BCUT2D eigenvalue weighted by Gasteiger charge is 2.41. The lowest BCUT2D eigenvalue weighted by Crippen LogP contribution is -2.32. The second-order valence-electron chi connectivity index (χ2n) is 5.28. The molecule has 0 bridgehead atoms. The Morgan fingerprint density at radius 2 is 1.64 bits per heavy atom. The Morgan fingerprint density at radius 3 is 2.23 bits per heavy atom. The highest BCUT2D eigenvalue weighted by Crippen LogP contribution is 2.43. The van der Waals surface area contributed by atoms with E-state index in [1.807, 2.05) is 0 Å². The second-order valence-corrected chi connectivity index (χ2v) is 5.28.